The van der Waals surface area contributed by atoms with E-state index in [1.54, 1.807) is 25.4 Å². The van der Waals surface area contributed by atoms with Crippen LogP contribution in [0.1, 0.15) is 37.3 Å². The van der Waals surface area contributed by atoms with Gasteiger partial charge in [-0.25, -0.2) is 9.78 Å². The number of hydrogen-bond acceptors (Lipinski definition) is 7. The quantitative estimate of drug-likeness (QED) is 0.473. The molecular formula is C18H20N4O3S. The van der Waals surface area contributed by atoms with Crippen LogP contribution >= 0.6 is 11.8 Å². The van der Waals surface area contributed by atoms with Crippen LogP contribution in [0.4, 0.5) is 5.82 Å². The average Bonchev–Trinajstić information content (AvgIpc) is 2.65. The molecule has 0 unspecified atom stereocenters. The standard InChI is InChI=1S/C18H20N4O3S/c1-4-8-26-18-21-15-14(16(23)22-18)13(11-6-5-7-19-9-11)12(10(2)20-15)17(24)25-3/h5-7,9,13H,4,8H2,1-3H3,(H2,20,21,22,23)/t13-/m0/s1. The molecule has 0 bridgehead atoms. The smallest absolute Gasteiger partial charge is 0.336 e. The van der Waals surface area contributed by atoms with Gasteiger partial charge in [-0.2, -0.15) is 0 Å². The molecule has 8 heteroatoms. The number of carbonyl (C=O) groups excluding carboxylic acids is 1. The lowest BCUT2D eigenvalue weighted by molar-refractivity contribution is -0.136. The molecule has 136 valence electrons. The van der Waals surface area contributed by atoms with Crippen molar-refractivity contribution < 1.29 is 9.53 Å². The fourth-order valence-electron chi connectivity index (χ4n) is 2.96. The SMILES string of the molecule is CCCSc1nc2c(c(=O)[nH]1)[C@@H](c1cccnc1)C(C(=O)OC)=C(C)N2. The molecule has 0 saturated heterocycles. The second kappa shape index (κ2) is 7.74. The van der Waals surface area contributed by atoms with Gasteiger partial charge < -0.3 is 15.0 Å². The van der Waals surface area contributed by atoms with Gasteiger partial charge in [-0.05, 0) is 25.0 Å². The lowest BCUT2D eigenvalue weighted by atomic mass is 9.83. The number of carbonyl (C=O) groups is 1. The number of rotatable bonds is 5. The Labute approximate surface area is 155 Å². The van der Waals surface area contributed by atoms with Gasteiger partial charge in [0.2, 0.25) is 0 Å². The summed E-state index contributed by atoms with van der Waals surface area (Å²) in [5, 5.41) is 3.65. The van der Waals surface area contributed by atoms with Gasteiger partial charge in [-0.1, -0.05) is 24.8 Å². The molecule has 0 aliphatic carbocycles. The number of fused-ring (bicyclic) bond motifs is 1. The van der Waals surface area contributed by atoms with Gasteiger partial charge in [0.1, 0.15) is 5.82 Å². The summed E-state index contributed by atoms with van der Waals surface area (Å²) in [5.74, 6) is 0.245. The summed E-state index contributed by atoms with van der Waals surface area (Å²) in [6, 6.07) is 3.61. The average molecular weight is 372 g/mol. The summed E-state index contributed by atoms with van der Waals surface area (Å²) in [7, 11) is 1.32. The molecule has 3 heterocycles. The molecule has 0 radical (unpaired) electrons. The first kappa shape index (κ1) is 18.2. The van der Waals surface area contributed by atoms with E-state index < -0.39 is 11.9 Å². The molecular weight excluding hydrogens is 352 g/mol. The number of allylic oxidation sites excluding steroid dienone is 1. The van der Waals surface area contributed by atoms with Gasteiger partial charge in [0, 0.05) is 23.8 Å². The van der Waals surface area contributed by atoms with E-state index in [0.29, 0.717) is 27.8 Å². The van der Waals surface area contributed by atoms with Crippen LogP contribution in [-0.4, -0.2) is 33.8 Å². The third kappa shape index (κ3) is 3.37. The normalized spacial score (nSPS) is 16.0. The zero-order valence-corrected chi connectivity index (χ0v) is 15.6. The van der Waals surface area contributed by atoms with Crippen molar-refractivity contribution >= 4 is 23.5 Å². The van der Waals surface area contributed by atoms with Crippen molar-refractivity contribution in [3.8, 4) is 0 Å². The largest absolute Gasteiger partial charge is 0.466 e. The van der Waals surface area contributed by atoms with E-state index in [9.17, 15) is 9.59 Å². The van der Waals surface area contributed by atoms with E-state index in [1.165, 1.54) is 18.9 Å². The highest BCUT2D eigenvalue weighted by atomic mass is 32.2. The second-order valence-corrected chi connectivity index (χ2v) is 6.94. The van der Waals surface area contributed by atoms with Crippen molar-refractivity contribution in [3.05, 3.63) is 57.3 Å². The van der Waals surface area contributed by atoms with Gasteiger partial charge >= 0.3 is 5.97 Å². The fourth-order valence-corrected chi connectivity index (χ4v) is 3.68. The van der Waals surface area contributed by atoms with Crippen LogP contribution in [0, 0.1) is 0 Å². The number of thioether (sulfide) groups is 1. The fraction of sp³-hybridized carbons (Fsp3) is 0.333. The monoisotopic (exact) mass is 372 g/mol. The molecule has 1 aliphatic rings. The maximum Gasteiger partial charge on any atom is 0.336 e. The Morgan fingerprint density at radius 3 is 2.88 bits per heavy atom. The maximum absolute atomic E-state index is 12.9. The molecule has 0 aromatic carbocycles. The number of H-pyrrole nitrogens is 1. The van der Waals surface area contributed by atoms with Crippen molar-refractivity contribution in [2.45, 2.75) is 31.3 Å². The highest BCUT2D eigenvalue weighted by molar-refractivity contribution is 7.99. The summed E-state index contributed by atoms with van der Waals surface area (Å²) in [6.45, 7) is 3.84. The number of aromatic nitrogens is 3. The van der Waals surface area contributed by atoms with Crippen LogP contribution in [0.25, 0.3) is 0 Å². The van der Waals surface area contributed by atoms with E-state index in [-0.39, 0.29) is 5.56 Å². The number of ether oxygens (including phenoxy) is 1. The van der Waals surface area contributed by atoms with E-state index in [1.807, 2.05) is 6.07 Å². The van der Waals surface area contributed by atoms with Crippen molar-refractivity contribution in [3.63, 3.8) is 0 Å². The number of anilines is 1. The Hall–Kier alpha value is -2.61. The zero-order valence-electron chi connectivity index (χ0n) is 14.8. The maximum atomic E-state index is 12.9. The molecule has 7 nitrogen and oxygen atoms in total. The van der Waals surface area contributed by atoms with Crippen LogP contribution in [0.2, 0.25) is 0 Å². The van der Waals surface area contributed by atoms with E-state index in [4.69, 9.17) is 4.74 Å². The number of esters is 1. The van der Waals surface area contributed by atoms with Crippen molar-refractivity contribution in [2.75, 3.05) is 18.2 Å². The molecule has 2 aromatic rings. The van der Waals surface area contributed by atoms with Crippen LogP contribution in [0.15, 0.2) is 45.7 Å². The van der Waals surface area contributed by atoms with E-state index in [0.717, 1.165) is 17.7 Å². The summed E-state index contributed by atoms with van der Waals surface area (Å²) in [6.07, 6.45) is 4.27. The van der Waals surface area contributed by atoms with Crippen LogP contribution < -0.4 is 10.9 Å². The van der Waals surface area contributed by atoms with E-state index in [2.05, 4.69) is 27.2 Å². The zero-order chi connectivity index (χ0) is 18.7. The summed E-state index contributed by atoms with van der Waals surface area (Å²) in [5.41, 5.74) is 1.85. The Morgan fingerprint density at radius 2 is 2.23 bits per heavy atom. The predicted molar refractivity (Wildman–Crippen MR) is 100 cm³/mol. The number of nitrogens with zero attached hydrogens (tertiary/aromatic N) is 2. The third-order valence-corrected chi connectivity index (χ3v) is 5.17. The highest BCUT2D eigenvalue weighted by Crippen LogP contribution is 2.39. The molecule has 1 atom stereocenters. The molecule has 3 rings (SSSR count). The minimum absolute atomic E-state index is 0.274. The lowest BCUT2D eigenvalue weighted by Gasteiger charge is -2.28. The van der Waals surface area contributed by atoms with E-state index >= 15 is 0 Å². The molecule has 0 amide bonds. The minimum atomic E-state index is -0.589. The first-order valence-electron chi connectivity index (χ1n) is 8.29. The highest BCUT2D eigenvalue weighted by Gasteiger charge is 2.36. The number of pyridine rings is 1. The Kier molecular flexibility index (Phi) is 5.41. The Bertz CT molecular complexity index is 908. The topological polar surface area (TPSA) is 97.0 Å². The van der Waals surface area contributed by atoms with Gasteiger partial charge in [-0.15, -0.1) is 0 Å². The van der Waals surface area contributed by atoms with Crippen LogP contribution in [0.5, 0.6) is 0 Å². The summed E-state index contributed by atoms with van der Waals surface area (Å²) < 4.78 is 4.95. The Balaban J connectivity index is 2.19. The van der Waals surface area contributed by atoms with Crippen molar-refractivity contribution in [1.29, 1.82) is 0 Å². The lowest BCUT2D eigenvalue weighted by Crippen LogP contribution is -2.31. The van der Waals surface area contributed by atoms with Gasteiger partial charge in [0.25, 0.3) is 5.56 Å². The molecule has 0 saturated carbocycles. The number of methoxy groups -OCH3 is 1. The molecule has 0 spiro atoms. The molecule has 2 aromatic heterocycles. The first-order valence-corrected chi connectivity index (χ1v) is 9.28. The van der Waals surface area contributed by atoms with Gasteiger partial charge in [0.05, 0.1) is 24.2 Å². The Morgan fingerprint density at radius 1 is 1.42 bits per heavy atom. The summed E-state index contributed by atoms with van der Waals surface area (Å²) >= 11 is 1.49. The van der Waals surface area contributed by atoms with Gasteiger partial charge in [0.15, 0.2) is 5.16 Å². The van der Waals surface area contributed by atoms with Crippen molar-refractivity contribution in [1.82, 2.24) is 15.0 Å². The first-order chi connectivity index (χ1) is 12.6. The predicted octanol–water partition coefficient (Wildman–Crippen LogP) is 2.67. The van der Waals surface area contributed by atoms with Crippen LogP contribution in [0.3, 0.4) is 0 Å². The number of hydrogen-bond donors (Lipinski definition) is 2. The number of nitrogens with one attached hydrogen (secondary N) is 2. The molecule has 0 fully saturated rings. The molecule has 1 aliphatic heterocycles. The van der Waals surface area contributed by atoms with Gasteiger partial charge in [-0.3, -0.25) is 9.78 Å². The van der Waals surface area contributed by atoms with Crippen molar-refractivity contribution in [2.24, 2.45) is 0 Å². The van der Waals surface area contributed by atoms with Crippen LogP contribution in [-0.2, 0) is 9.53 Å². The summed E-state index contributed by atoms with van der Waals surface area (Å²) in [4.78, 5) is 36.8. The number of aromatic amines is 1. The third-order valence-electron chi connectivity index (χ3n) is 4.09. The minimum Gasteiger partial charge on any atom is -0.466 e. The second-order valence-electron chi connectivity index (χ2n) is 5.86. The molecule has 26 heavy (non-hydrogen) atoms. The molecule has 2 N–H and O–H groups in total.